The molecule has 3 rings (SSSR count). The van der Waals surface area contributed by atoms with Crippen LogP contribution in [0.5, 0.6) is 0 Å². The fourth-order valence-corrected chi connectivity index (χ4v) is 3.55. The van der Waals surface area contributed by atoms with E-state index in [2.05, 4.69) is 11.5 Å². The van der Waals surface area contributed by atoms with Crippen LogP contribution in [-0.2, 0) is 9.53 Å². The van der Waals surface area contributed by atoms with Crippen molar-refractivity contribution >= 4 is 23.4 Å². The topological polar surface area (TPSA) is 70.2 Å². The van der Waals surface area contributed by atoms with Gasteiger partial charge in [0, 0.05) is 39.7 Å². The number of ether oxygens (including phenoxy) is 1. The van der Waals surface area contributed by atoms with E-state index in [4.69, 9.17) is 4.74 Å². The summed E-state index contributed by atoms with van der Waals surface area (Å²) in [5, 5.41) is 0. The van der Waals surface area contributed by atoms with Crippen LogP contribution < -0.4 is 4.90 Å². The quantitative estimate of drug-likeness (QED) is 0.537. The largest absolute Gasteiger partial charge is 0.383 e. The Morgan fingerprint density at radius 1 is 1.19 bits per heavy atom. The summed E-state index contributed by atoms with van der Waals surface area (Å²) in [6, 6.07) is 5.38. The number of imide groups is 1. The molecule has 7 heteroatoms. The van der Waals surface area contributed by atoms with Gasteiger partial charge >= 0.3 is 0 Å². The van der Waals surface area contributed by atoms with E-state index in [1.165, 1.54) is 4.90 Å². The molecule has 0 aromatic heterocycles. The van der Waals surface area contributed by atoms with E-state index in [0.717, 1.165) is 5.69 Å². The van der Waals surface area contributed by atoms with Gasteiger partial charge in [-0.15, -0.1) is 6.58 Å². The lowest BCUT2D eigenvalue weighted by Crippen LogP contribution is -2.49. The van der Waals surface area contributed by atoms with Crippen LogP contribution in [0.3, 0.4) is 0 Å². The molecule has 2 aliphatic heterocycles. The van der Waals surface area contributed by atoms with Crippen LogP contribution in [0.1, 0.15) is 33.6 Å². The number of carbonyl (C=O) groups excluding carboxylic acids is 3. The van der Waals surface area contributed by atoms with Gasteiger partial charge in [-0.05, 0) is 18.6 Å². The summed E-state index contributed by atoms with van der Waals surface area (Å²) in [5.41, 5.74) is 1.67. The predicted octanol–water partition coefficient (Wildman–Crippen LogP) is 1.54. The van der Waals surface area contributed by atoms with E-state index in [1.807, 2.05) is 11.0 Å². The molecule has 27 heavy (non-hydrogen) atoms. The Kier molecular flexibility index (Phi) is 5.91. The highest BCUT2D eigenvalue weighted by atomic mass is 16.5. The van der Waals surface area contributed by atoms with Crippen LogP contribution in [0.4, 0.5) is 5.69 Å². The summed E-state index contributed by atoms with van der Waals surface area (Å²) < 4.78 is 5.01. The Morgan fingerprint density at radius 2 is 1.93 bits per heavy atom. The lowest BCUT2D eigenvalue weighted by Gasteiger charge is -2.36. The maximum atomic E-state index is 12.8. The summed E-state index contributed by atoms with van der Waals surface area (Å²) in [7, 11) is 1.54. The monoisotopic (exact) mass is 371 g/mol. The van der Waals surface area contributed by atoms with Crippen LogP contribution >= 0.6 is 0 Å². The molecule has 0 saturated carbocycles. The summed E-state index contributed by atoms with van der Waals surface area (Å²) in [6.07, 6.45) is 2.91. The second kappa shape index (κ2) is 8.35. The van der Waals surface area contributed by atoms with Crippen molar-refractivity contribution in [2.45, 2.75) is 12.8 Å². The first-order valence-corrected chi connectivity index (χ1v) is 9.20. The Balaban J connectivity index is 1.74. The lowest BCUT2D eigenvalue weighted by molar-refractivity contribution is -0.131. The molecule has 1 aromatic rings. The molecule has 1 aromatic carbocycles. The van der Waals surface area contributed by atoms with Gasteiger partial charge in [-0.25, -0.2) is 0 Å². The maximum Gasteiger partial charge on any atom is 0.263 e. The van der Waals surface area contributed by atoms with Gasteiger partial charge in [-0.1, -0.05) is 12.1 Å². The number of anilines is 1. The fourth-order valence-electron chi connectivity index (χ4n) is 3.55. The number of allylic oxidation sites excluding steroid dienone is 1. The van der Waals surface area contributed by atoms with Crippen molar-refractivity contribution in [3.63, 3.8) is 0 Å². The first-order valence-electron chi connectivity index (χ1n) is 9.20. The number of rotatable bonds is 7. The average molecular weight is 371 g/mol. The second-order valence-corrected chi connectivity index (χ2v) is 6.65. The van der Waals surface area contributed by atoms with Crippen molar-refractivity contribution in [1.82, 2.24) is 9.80 Å². The van der Waals surface area contributed by atoms with Gasteiger partial charge in [0.2, 0.25) is 5.91 Å². The smallest absolute Gasteiger partial charge is 0.263 e. The number of piperazine rings is 1. The maximum absolute atomic E-state index is 12.8. The molecule has 2 heterocycles. The molecule has 0 atom stereocenters. The van der Waals surface area contributed by atoms with Crippen LogP contribution in [0.25, 0.3) is 0 Å². The molecule has 1 fully saturated rings. The normalized spacial score (nSPS) is 16.7. The van der Waals surface area contributed by atoms with Gasteiger partial charge in [-0.3, -0.25) is 19.3 Å². The minimum atomic E-state index is -0.271. The standard InChI is InChI=1S/C20H25N3O4/c1-3-4-8-17(24)22-11-9-21(10-12-22)16-7-5-6-15-18(16)20(26)23(19(15)25)13-14-27-2/h3,5-7H,1,4,8-14H2,2H3. The molecule has 0 spiro atoms. The third-order valence-corrected chi connectivity index (χ3v) is 5.03. The van der Waals surface area contributed by atoms with Crippen molar-refractivity contribution in [3.05, 3.63) is 42.0 Å². The zero-order valence-corrected chi connectivity index (χ0v) is 15.6. The Bertz CT molecular complexity index is 754. The number of benzene rings is 1. The number of fused-ring (bicyclic) bond motifs is 1. The van der Waals surface area contributed by atoms with Gasteiger partial charge in [-0.2, -0.15) is 0 Å². The summed E-state index contributed by atoms with van der Waals surface area (Å²) >= 11 is 0. The number of methoxy groups -OCH3 is 1. The molecule has 0 N–H and O–H groups in total. The molecule has 0 unspecified atom stereocenters. The molecule has 1 saturated heterocycles. The highest BCUT2D eigenvalue weighted by Crippen LogP contribution is 2.32. The molecule has 0 bridgehead atoms. The van der Waals surface area contributed by atoms with E-state index < -0.39 is 0 Å². The summed E-state index contributed by atoms with van der Waals surface area (Å²) in [5.74, 6) is -0.413. The Hall–Kier alpha value is -2.67. The molecule has 144 valence electrons. The minimum absolute atomic E-state index is 0.129. The van der Waals surface area contributed by atoms with E-state index in [0.29, 0.717) is 56.8 Å². The van der Waals surface area contributed by atoms with E-state index in [1.54, 1.807) is 25.3 Å². The molecule has 3 amide bonds. The number of nitrogens with zero attached hydrogens (tertiary/aromatic N) is 3. The van der Waals surface area contributed by atoms with Crippen LogP contribution in [0.2, 0.25) is 0 Å². The molecular weight excluding hydrogens is 346 g/mol. The van der Waals surface area contributed by atoms with Gasteiger partial charge in [0.1, 0.15) is 0 Å². The van der Waals surface area contributed by atoms with Gasteiger partial charge in [0.05, 0.1) is 30.0 Å². The van der Waals surface area contributed by atoms with Crippen LogP contribution in [-0.4, -0.2) is 74.0 Å². The Morgan fingerprint density at radius 3 is 2.59 bits per heavy atom. The first-order chi connectivity index (χ1) is 13.1. The molecule has 7 nitrogen and oxygen atoms in total. The van der Waals surface area contributed by atoms with Crippen LogP contribution in [0.15, 0.2) is 30.9 Å². The van der Waals surface area contributed by atoms with E-state index in [-0.39, 0.29) is 24.3 Å². The summed E-state index contributed by atoms with van der Waals surface area (Å²) in [4.78, 5) is 42.7. The fraction of sp³-hybridized carbons (Fsp3) is 0.450. The van der Waals surface area contributed by atoms with Crippen LogP contribution in [0, 0.1) is 0 Å². The van der Waals surface area contributed by atoms with Gasteiger partial charge < -0.3 is 14.5 Å². The molecule has 2 aliphatic rings. The van der Waals surface area contributed by atoms with Crippen molar-refractivity contribution in [3.8, 4) is 0 Å². The van der Waals surface area contributed by atoms with Crippen molar-refractivity contribution in [2.75, 3.05) is 51.3 Å². The second-order valence-electron chi connectivity index (χ2n) is 6.65. The first kappa shape index (κ1) is 19.1. The van der Waals surface area contributed by atoms with Crippen molar-refractivity contribution in [1.29, 1.82) is 0 Å². The number of carbonyl (C=O) groups is 3. The van der Waals surface area contributed by atoms with E-state index >= 15 is 0 Å². The third kappa shape index (κ3) is 3.73. The van der Waals surface area contributed by atoms with Gasteiger partial charge in [0.15, 0.2) is 0 Å². The van der Waals surface area contributed by atoms with Crippen molar-refractivity contribution < 1.29 is 19.1 Å². The Labute approximate surface area is 159 Å². The van der Waals surface area contributed by atoms with Crippen molar-refractivity contribution in [2.24, 2.45) is 0 Å². The third-order valence-electron chi connectivity index (χ3n) is 5.03. The zero-order chi connectivity index (χ0) is 19.4. The highest BCUT2D eigenvalue weighted by molar-refractivity contribution is 6.23. The number of hydrogen-bond acceptors (Lipinski definition) is 5. The SMILES string of the molecule is C=CCCC(=O)N1CCN(c2cccc3c2C(=O)N(CCOC)C3=O)CC1. The number of amides is 3. The van der Waals surface area contributed by atoms with E-state index in [9.17, 15) is 14.4 Å². The highest BCUT2D eigenvalue weighted by Gasteiger charge is 2.38. The zero-order valence-electron chi connectivity index (χ0n) is 15.6. The summed E-state index contributed by atoms with van der Waals surface area (Å²) in [6.45, 7) is 6.69. The minimum Gasteiger partial charge on any atom is -0.383 e. The lowest BCUT2D eigenvalue weighted by atomic mass is 10.1. The predicted molar refractivity (Wildman–Crippen MR) is 102 cm³/mol. The molecule has 0 radical (unpaired) electrons. The number of hydrogen-bond donors (Lipinski definition) is 0. The molecular formula is C20H25N3O4. The van der Waals surface area contributed by atoms with Gasteiger partial charge in [0.25, 0.3) is 11.8 Å². The average Bonchev–Trinajstić information content (AvgIpc) is 2.95. The molecule has 0 aliphatic carbocycles.